The maximum absolute atomic E-state index is 13.5. The number of benzene rings is 1. The summed E-state index contributed by atoms with van der Waals surface area (Å²) in [6.45, 7) is 0.784. The number of urea groups is 1. The molecule has 2 amide bonds. The highest BCUT2D eigenvalue weighted by molar-refractivity contribution is 6.33. The molecule has 3 aliphatic rings. The van der Waals surface area contributed by atoms with Crippen LogP contribution in [0.5, 0.6) is 0 Å². The lowest BCUT2D eigenvalue weighted by Crippen LogP contribution is -2.51. The van der Waals surface area contributed by atoms with Gasteiger partial charge in [-0.2, -0.15) is 0 Å². The van der Waals surface area contributed by atoms with E-state index in [4.69, 9.17) is 23.2 Å². The molecule has 2 unspecified atom stereocenters. The zero-order valence-corrected chi connectivity index (χ0v) is 17.0. The van der Waals surface area contributed by atoms with Crippen LogP contribution in [0.15, 0.2) is 42.6 Å². The number of para-hydroxylation sites is 1. The summed E-state index contributed by atoms with van der Waals surface area (Å²) in [6, 6.07) is 10.6. The van der Waals surface area contributed by atoms with Crippen LogP contribution in [0, 0.1) is 0 Å². The van der Waals surface area contributed by atoms with Gasteiger partial charge < -0.3 is 4.90 Å². The van der Waals surface area contributed by atoms with E-state index in [9.17, 15) is 4.79 Å². The van der Waals surface area contributed by atoms with Gasteiger partial charge in [-0.15, -0.1) is 0 Å². The van der Waals surface area contributed by atoms with E-state index in [1.807, 2.05) is 17.0 Å². The lowest BCUT2D eigenvalue weighted by Gasteiger charge is -2.39. The summed E-state index contributed by atoms with van der Waals surface area (Å²) < 4.78 is 0. The van der Waals surface area contributed by atoms with Crippen LogP contribution in [0.25, 0.3) is 5.57 Å². The molecule has 1 fully saturated rings. The predicted octanol–water partition coefficient (Wildman–Crippen LogP) is 5.58. The maximum atomic E-state index is 13.5. The Hall–Kier alpha value is -2.04. The normalized spacial score (nSPS) is 23.4. The third-order valence-electron chi connectivity index (χ3n) is 6.11. The van der Waals surface area contributed by atoms with Gasteiger partial charge in [0.1, 0.15) is 5.15 Å². The molecule has 0 radical (unpaired) electrons. The van der Waals surface area contributed by atoms with E-state index >= 15 is 0 Å². The van der Waals surface area contributed by atoms with Gasteiger partial charge >= 0.3 is 6.03 Å². The van der Waals surface area contributed by atoms with Gasteiger partial charge in [-0.05, 0) is 55.4 Å². The molecule has 28 heavy (non-hydrogen) atoms. The van der Waals surface area contributed by atoms with Gasteiger partial charge in [0.2, 0.25) is 0 Å². The third-order valence-corrected chi connectivity index (χ3v) is 6.62. The van der Waals surface area contributed by atoms with Crippen LogP contribution in [0.1, 0.15) is 36.8 Å². The Labute approximate surface area is 174 Å². The molecular formula is C22H21Cl2N3O. The molecule has 5 rings (SSSR count). The van der Waals surface area contributed by atoms with Crippen molar-refractivity contribution < 1.29 is 4.79 Å². The number of halogens is 2. The number of carbonyl (C=O) groups is 1. The van der Waals surface area contributed by atoms with Crippen molar-refractivity contribution in [3.8, 4) is 0 Å². The SMILES string of the molecule is O=C(N1CCCc2ccccc21)N1C2C=C(c3cc(Cl)cnc3Cl)CC1CC2. The highest BCUT2D eigenvalue weighted by Crippen LogP contribution is 2.41. The van der Waals surface area contributed by atoms with Gasteiger partial charge in [0.15, 0.2) is 0 Å². The van der Waals surface area contributed by atoms with Gasteiger partial charge in [0, 0.05) is 30.0 Å². The number of hydrogen-bond donors (Lipinski definition) is 0. The second kappa shape index (κ2) is 7.09. The van der Waals surface area contributed by atoms with Crippen LogP contribution in [0.2, 0.25) is 10.2 Å². The molecule has 6 heteroatoms. The lowest BCUT2D eigenvalue weighted by molar-refractivity contribution is 0.186. The van der Waals surface area contributed by atoms with Gasteiger partial charge in [0.25, 0.3) is 0 Å². The van der Waals surface area contributed by atoms with Crippen LogP contribution in [0.4, 0.5) is 10.5 Å². The highest BCUT2D eigenvalue weighted by atomic mass is 35.5. The molecule has 4 heterocycles. The summed E-state index contributed by atoms with van der Waals surface area (Å²) in [4.78, 5) is 21.7. The second-order valence-corrected chi connectivity index (χ2v) is 8.55. The van der Waals surface area contributed by atoms with Crippen LogP contribution >= 0.6 is 23.2 Å². The van der Waals surface area contributed by atoms with Crippen LogP contribution in [-0.2, 0) is 6.42 Å². The van der Waals surface area contributed by atoms with Crippen molar-refractivity contribution in [1.29, 1.82) is 0 Å². The molecule has 0 spiro atoms. The van der Waals surface area contributed by atoms with Crippen LogP contribution in [0.3, 0.4) is 0 Å². The molecule has 4 nitrogen and oxygen atoms in total. The molecule has 1 aromatic heterocycles. The van der Waals surface area contributed by atoms with Gasteiger partial charge in [0.05, 0.1) is 11.1 Å². The number of aryl methyl sites for hydroxylation is 1. The molecule has 2 bridgehead atoms. The third kappa shape index (κ3) is 2.99. The summed E-state index contributed by atoms with van der Waals surface area (Å²) in [7, 11) is 0. The summed E-state index contributed by atoms with van der Waals surface area (Å²) in [5.74, 6) is 0. The number of pyridine rings is 1. The molecule has 2 atom stereocenters. The molecule has 3 aliphatic heterocycles. The Kier molecular flexibility index (Phi) is 4.56. The first-order valence-corrected chi connectivity index (χ1v) is 10.6. The summed E-state index contributed by atoms with van der Waals surface area (Å²) in [5.41, 5.74) is 4.37. The fourth-order valence-electron chi connectivity index (χ4n) is 4.85. The highest BCUT2D eigenvalue weighted by Gasteiger charge is 2.42. The Morgan fingerprint density at radius 2 is 2.04 bits per heavy atom. The number of fused-ring (bicyclic) bond motifs is 3. The number of nitrogens with zero attached hydrogens (tertiary/aromatic N) is 3. The van der Waals surface area contributed by atoms with Crippen molar-refractivity contribution in [2.45, 2.75) is 44.2 Å². The van der Waals surface area contributed by atoms with Crippen molar-refractivity contribution in [3.63, 3.8) is 0 Å². The maximum Gasteiger partial charge on any atom is 0.325 e. The van der Waals surface area contributed by atoms with Crippen LogP contribution < -0.4 is 4.90 Å². The van der Waals surface area contributed by atoms with Crippen molar-refractivity contribution in [3.05, 3.63) is 63.9 Å². The smallest absolute Gasteiger partial charge is 0.315 e. The van der Waals surface area contributed by atoms with E-state index in [2.05, 4.69) is 34.2 Å². The number of hydrogen-bond acceptors (Lipinski definition) is 2. The molecule has 1 saturated heterocycles. The summed E-state index contributed by atoms with van der Waals surface area (Å²) >= 11 is 12.5. The number of amides is 2. The van der Waals surface area contributed by atoms with Crippen molar-refractivity contribution >= 4 is 40.5 Å². The van der Waals surface area contributed by atoms with Gasteiger partial charge in [-0.1, -0.05) is 47.5 Å². The average Bonchev–Trinajstić information content (AvgIpc) is 2.98. The number of carbonyl (C=O) groups excluding carboxylic acids is 1. The number of aromatic nitrogens is 1. The van der Waals surface area contributed by atoms with Crippen LogP contribution in [-0.4, -0.2) is 34.5 Å². The minimum absolute atomic E-state index is 0.102. The molecule has 2 aromatic rings. The molecule has 144 valence electrons. The molecule has 0 aliphatic carbocycles. The summed E-state index contributed by atoms with van der Waals surface area (Å²) in [5, 5.41) is 1.05. The Balaban J connectivity index is 1.45. The average molecular weight is 414 g/mol. The van der Waals surface area contributed by atoms with Gasteiger partial charge in [-0.3, -0.25) is 4.90 Å². The van der Waals surface area contributed by atoms with E-state index < -0.39 is 0 Å². The largest absolute Gasteiger partial charge is 0.325 e. The first-order chi connectivity index (χ1) is 13.6. The van der Waals surface area contributed by atoms with Crippen molar-refractivity contribution in [1.82, 2.24) is 9.88 Å². The minimum atomic E-state index is 0.102. The zero-order valence-electron chi connectivity index (χ0n) is 15.4. The Morgan fingerprint density at radius 1 is 1.18 bits per heavy atom. The first-order valence-electron chi connectivity index (χ1n) is 9.81. The summed E-state index contributed by atoms with van der Waals surface area (Å²) in [6.07, 6.45) is 8.59. The van der Waals surface area contributed by atoms with Crippen molar-refractivity contribution in [2.75, 3.05) is 11.4 Å². The van der Waals surface area contributed by atoms with E-state index in [0.717, 1.165) is 55.5 Å². The standard InChI is InChI=1S/C22H21Cl2N3O/c23-16-12-19(21(24)25-13-16)15-10-17-7-8-18(11-15)27(17)22(28)26-9-3-5-14-4-1-2-6-20(14)26/h1-2,4,6,10,12-13,17-18H,3,5,7-9,11H2. The van der Waals surface area contributed by atoms with E-state index in [1.54, 1.807) is 6.20 Å². The molecular weight excluding hydrogens is 393 g/mol. The van der Waals surface area contributed by atoms with E-state index in [1.165, 1.54) is 5.56 Å². The lowest BCUT2D eigenvalue weighted by atomic mass is 9.95. The van der Waals surface area contributed by atoms with E-state index in [-0.39, 0.29) is 18.1 Å². The minimum Gasteiger partial charge on any atom is -0.315 e. The number of anilines is 1. The molecule has 1 aromatic carbocycles. The van der Waals surface area contributed by atoms with Gasteiger partial charge in [-0.25, -0.2) is 9.78 Å². The fourth-order valence-corrected chi connectivity index (χ4v) is 5.23. The Bertz CT molecular complexity index is 974. The van der Waals surface area contributed by atoms with E-state index in [0.29, 0.717) is 10.2 Å². The fraction of sp³-hybridized carbons (Fsp3) is 0.364. The monoisotopic (exact) mass is 413 g/mol. The molecule has 0 saturated carbocycles. The number of rotatable bonds is 1. The predicted molar refractivity (Wildman–Crippen MR) is 113 cm³/mol. The quantitative estimate of drug-likeness (QED) is 0.571. The molecule has 0 N–H and O–H groups in total. The Morgan fingerprint density at radius 3 is 2.89 bits per heavy atom. The topological polar surface area (TPSA) is 36.4 Å². The first kappa shape index (κ1) is 18.0. The second-order valence-electron chi connectivity index (χ2n) is 7.76. The zero-order chi connectivity index (χ0) is 19.3. The van der Waals surface area contributed by atoms with Crippen molar-refractivity contribution in [2.24, 2.45) is 0 Å².